The van der Waals surface area contributed by atoms with Crippen molar-refractivity contribution in [2.45, 2.75) is 50.6 Å². The van der Waals surface area contributed by atoms with Gasteiger partial charge in [0.05, 0.1) is 25.4 Å². The van der Waals surface area contributed by atoms with Gasteiger partial charge in [0, 0.05) is 12.3 Å². The van der Waals surface area contributed by atoms with Crippen LogP contribution < -0.4 is 0 Å². The van der Waals surface area contributed by atoms with Crippen molar-refractivity contribution in [1.82, 2.24) is 0 Å². The van der Waals surface area contributed by atoms with E-state index in [1.54, 1.807) is 0 Å². The maximum Gasteiger partial charge on any atom is 0.168 e. The number of rotatable bonds is 7. The predicted molar refractivity (Wildman–Crippen MR) is 54.3 cm³/mol. The van der Waals surface area contributed by atoms with E-state index in [9.17, 15) is 10.2 Å². The molecule has 88 valence electrons. The van der Waals surface area contributed by atoms with Crippen LogP contribution in [-0.2, 0) is 9.47 Å². The molecule has 0 aromatic carbocycles. The highest BCUT2D eigenvalue weighted by Crippen LogP contribution is 2.34. The van der Waals surface area contributed by atoms with Gasteiger partial charge in [0.1, 0.15) is 0 Å². The normalized spacial score (nSPS) is 31.4. The summed E-state index contributed by atoms with van der Waals surface area (Å²) in [4.78, 5) is 0. The van der Waals surface area contributed by atoms with Crippen molar-refractivity contribution in [3.05, 3.63) is 0 Å². The fourth-order valence-electron chi connectivity index (χ4n) is 2.10. The van der Waals surface area contributed by atoms with Crippen LogP contribution >= 0.6 is 0 Å². The van der Waals surface area contributed by atoms with Crippen LogP contribution in [0.1, 0.15) is 32.6 Å². The lowest BCUT2D eigenvalue weighted by molar-refractivity contribution is -0.210. The highest BCUT2D eigenvalue weighted by molar-refractivity contribution is 4.86. The lowest BCUT2D eigenvalue weighted by atomic mass is 9.86. The molecule has 2 saturated heterocycles. The average Bonchev–Trinajstić information content (AvgIpc) is 2.97. The molecule has 0 amide bonds. The first kappa shape index (κ1) is 11.3. The number of ether oxygens (including phenoxy) is 2. The van der Waals surface area contributed by atoms with E-state index in [0.29, 0.717) is 13.0 Å². The van der Waals surface area contributed by atoms with Gasteiger partial charge < -0.3 is 19.7 Å². The molecule has 2 aliphatic rings. The Kier molecular flexibility index (Phi) is 3.30. The molecule has 0 aromatic heterocycles. The third-order valence-corrected chi connectivity index (χ3v) is 3.17. The van der Waals surface area contributed by atoms with E-state index in [1.165, 1.54) is 0 Å². The number of hydrogen-bond acceptors (Lipinski definition) is 4. The Bertz CT molecular complexity index is 209. The lowest BCUT2D eigenvalue weighted by Gasteiger charge is -2.30. The molecule has 0 aromatic rings. The second-order valence-electron chi connectivity index (χ2n) is 4.71. The van der Waals surface area contributed by atoms with E-state index in [4.69, 9.17) is 9.47 Å². The SMILES string of the molecule is CCCC(CC1CO1)C(O)(O)CC1CO1. The minimum absolute atomic E-state index is 0.0551. The van der Waals surface area contributed by atoms with Crippen LogP contribution in [-0.4, -0.2) is 41.4 Å². The van der Waals surface area contributed by atoms with Crippen LogP contribution in [0.4, 0.5) is 0 Å². The number of epoxide rings is 2. The molecule has 2 heterocycles. The first-order chi connectivity index (χ1) is 7.12. The van der Waals surface area contributed by atoms with E-state index >= 15 is 0 Å². The largest absolute Gasteiger partial charge is 0.373 e. The summed E-state index contributed by atoms with van der Waals surface area (Å²) in [6, 6.07) is 0. The van der Waals surface area contributed by atoms with Crippen molar-refractivity contribution in [2.75, 3.05) is 13.2 Å². The van der Waals surface area contributed by atoms with Gasteiger partial charge in [-0.2, -0.15) is 0 Å². The van der Waals surface area contributed by atoms with Gasteiger partial charge in [0.25, 0.3) is 0 Å². The zero-order chi connectivity index (χ0) is 10.9. The van der Waals surface area contributed by atoms with Gasteiger partial charge in [-0.05, 0) is 12.8 Å². The van der Waals surface area contributed by atoms with Gasteiger partial charge in [-0.1, -0.05) is 13.3 Å². The molecule has 2 rings (SSSR count). The highest BCUT2D eigenvalue weighted by atomic mass is 16.6. The van der Waals surface area contributed by atoms with E-state index in [2.05, 4.69) is 6.92 Å². The summed E-state index contributed by atoms with van der Waals surface area (Å²) in [6.45, 7) is 3.50. The maximum atomic E-state index is 10.0. The van der Waals surface area contributed by atoms with Crippen molar-refractivity contribution in [3.8, 4) is 0 Å². The summed E-state index contributed by atoms with van der Waals surface area (Å²) in [5.74, 6) is -1.66. The molecule has 2 N–H and O–H groups in total. The summed E-state index contributed by atoms with van der Waals surface area (Å²) in [7, 11) is 0. The molecule has 0 spiro atoms. The standard InChI is InChI=1S/C11H20O4/c1-2-3-8(4-9-6-14-9)11(12,13)5-10-7-15-10/h8-10,12-13H,2-7H2,1H3. The Balaban J connectivity index is 1.86. The monoisotopic (exact) mass is 216 g/mol. The van der Waals surface area contributed by atoms with Crippen molar-refractivity contribution in [3.63, 3.8) is 0 Å². The molecule has 0 saturated carbocycles. The molecule has 4 heteroatoms. The van der Waals surface area contributed by atoms with E-state index in [0.717, 1.165) is 25.9 Å². The fourth-order valence-corrected chi connectivity index (χ4v) is 2.10. The van der Waals surface area contributed by atoms with Crippen molar-refractivity contribution >= 4 is 0 Å². The first-order valence-electron chi connectivity index (χ1n) is 5.79. The summed E-state index contributed by atoms with van der Waals surface area (Å²) in [6.07, 6.45) is 3.20. The summed E-state index contributed by atoms with van der Waals surface area (Å²) >= 11 is 0. The summed E-state index contributed by atoms with van der Waals surface area (Å²) in [5, 5.41) is 20.0. The molecule has 3 atom stereocenters. The Hall–Kier alpha value is -0.160. The second kappa shape index (κ2) is 4.37. The minimum atomic E-state index is -1.58. The second-order valence-corrected chi connectivity index (χ2v) is 4.71. The van der Waals surface area contributed by atoms with Gasteiger partial charge in [-0.3, -0.25) is 0 Å². The van der Waals surface area contributed by atoms with Crippen LogP contribution in [0.15, 0.2) is 0 Å². The zero-order valence-corrected chi connectivity index (χ0v) is 9.19. The quantitative estimate of drug-likeness (QED) is 0.484. The highest BCUT2D eigenvalue weighted by Gasteiger charge is 2.42. The molecular weight excluding hydrogens is 196 g/mol. The van der Waals surface area contributed by atoms with E-state index in [-0.39, 0.29) is 18.1 Å². The molecule has 0 radical (unpaired) electrons. The third kappa shape index (κ3) is 3.41. The van der Waals surface area contributed by atoms with Gasteiger partial charge in [0.15, 0.2) is 5.79 Å². The van der Waals surface area contributed by atoms with Gasteiger partial charge in [-0.15, -0.1) is 0 Å². The smallest absolute Gasteiger partial charge is 0.168 e. The van der Waals surface area contributed by atoms with E-state index in [1.807, 2.05) is 0 Å². The fraction of sp³-hybridized carbons (Fsp3) is 1.00. The molecule has 3 unspecified atom stereocenters. The molecule has 4 nitrogen and oxygen atoms in total. The first-order valence-corrected chi connectivity index (χ1v) is 5.79. The van der Waals surface area contributed by atoms with E-state index < -0.39 is 5.79 Å². The maximum absolute atomic E-state index is 10.0. The number of hydrogen-bond donors (Lipinski definition) is 2. The Labute approximate surface area is 90.2 Å². The Morgan fingerprint density at radius 2 is 1.87 bits per heavy atom. The summed E-state index contributed by atoms with van der Waals surface area (Å²) < 4.78 is 10.2. The lowest BCUT2D eigenvalue weighted by Crippen LogP contribution is -2.40. The van der Waals surface area contributed by atoms with Crippen molar-refractivity contribution in [1.29, 1.82) is 0 Å². The summed E-state index contributed by atoms with van der Waals surface area (Å²) in [5.41, 5.74) is 0. The average molecular weight is 216 g/mol. The molecule has 0 aliphatic carbocycles. The van der Waals surface area contributed by atoms with Crippen LogP contribution in [0.5, 0.6) is 0 Å². The molecule has 2 fully saturated rings. The van der Waals surface area contributed by atoms with Gasteiger partial charge in [-0.25, -0.2) is 0 Å². The van der Waals surface area contributed by atoms with Gasteiger partial charge in [0.2, 0.25) is 0 Å². The predicted octanol–water partition coefficient (Wildman–Crippen LogP) is 0.661. The molecule has 0 bridgehead atoms. The Morgan fingerprint density at radius 3 is 2.33 bits per heavy atom. The molecule has 2 aliphatic heterocycles. The van der Waals surface area contributed by atoms with Gasteiger partial charge >= 0.3 is 0 Å². The third-order valence-electron chi connectivity index (χ3n) is 3.17. The van der Waals surface area contributed by atoms with Crippen LogP contribution in [0.3, 0.4) is 0 Å². The van der Waals surface area contributed by atoms with Crippen LogP contribution in [0, 0.1) is 5.92 Å². The topological polar surface area (TPSA) is 65.5 Å². The molecule has 15 heavy (non-hydrogen) atoms. The van der Waals surface area contributed by atoms with Crippen LogP contribution in [0.2, 0.25) is 0 Å². The minimum Gasteiger partial charge on any atom is -0.373 e. The van der Waals surface area contributed by atoms with Crippen molar-refractivity contribution in [2.24, 2.45) is 5.92 Å². The molecular formula is C11H20O4. The Morgan fingerprint density at radius 1 is 1.27 bits per heavy atom. The van der Waals surface area contributed by atoms with Crippen molar-refractivity contribution < 1.29 is 19.7 Å². The van der Waals surface area contributed by atoms with Crippen LogP contribution in [0.25, 0.3) is 0 Å². The zero-order valence-electron chi connectivity index (χ0n) is 9.19. The number of aliphatic hydroxyl groups is 2.